The van der Waals surface area contributed by atoms with Crippen molar-refractivity contribution in [3.63, 3.8) is 0 Å². The molecule has 2 atom stereocenters. The van der Waals surface area contributed by atoms with Gasteiger partial charge in [0.15, 0.2) is 0 Å². The largest absolute Gasteiger partial charge is 0.508 e. The average molecular weight is 485 g/mol. The number of aromatic nitrogens is 1. The highest BCUT2D eigenvalue weighted by atomic mass is 16.5. The van der Waals surface area contributed by atoms with E-state index < -0.39 is 11.2 Å². The second kappa shape index (κ2) is 7.57. The molecular weight excluding hydrogens is 460 g/mol. The van der Waals surface area contributed by atoms with Gasteiger partial charge < -0.3 is 29.9 Å². The Balaban J connectivity index is 1.42. The van der Waals surface area contributed by atoms with Crippen molar-refractivity contribution in [3.05, 3.63) is 71.3 Å². The topological polar surface area (TPSA) is 128 Å². The van der Waals surface area contributed by atoms with E-state index in [2.05, 4.69) is 6.07 Å². The van der Waals surface area contributed by atoms with Gasteiger partial charge in [0, 0.05) is 35.4 Å². The number of hydrogen-bond donors (Lipinski definition) is 4. The minimum Gasteiger partial charge on any atom is -0.508 e. The van der Waals surface area contributed by atoms with Crippen molar-refractivity contribution in [3.8, 4) is 40.8 Å². The second-order valence-corrected chi connectivity index (χ2v) is 9.63. The molecule has 8 heteroatoms. The smallest absolute Gasteiger partial charge is 0.205 e. The van der Waals surface area contributed by atoms with Crippen LogP contribution in [0.15, 0.2) is 54.6 Å². The highest BCUT2D eigenvalue weighted by molar-refractivity contribution is 5.95. The van der Waals surface area contributed by atoms with Gasteiger partial charge in [0.05, 0.1) is 40.7 Å². The molecule has 1 fully saturated rings. The summed E-state index contributed by atoms with van der Waals surface area (Å²) >= 11 is 0. The van der Waals surface area contributed by atoms with Gasteiger partial charge in [0.25, 0.3) is 0 Å². The first-order valence-electron chi connectivity index (χ1n) is 11.7. The highest BCUT2D eigenvalue weighted by Gasteiger charge is 2.61. The van der Waals surface area contributed by atoms with E-state index in [0.717, 1.165) is 10.8 Å². The summed E-state index contributed by atoms with van der Waals surface area (Å²) in [6.45, 7) is 2.11. The molecule has 4 aromatic rings. The molecule has 4 N–H and O–H groups in total. The summed E-state index contributed by atoms with van der Waals surface area (Å²) in [5.41, 5.74) is 0.555. The number of nitriles is 1. The number of aromatic hydroxyl groups is 4. The maximum absolute atomic E-state index is 11.5. The summed E-state index contributed by atoms with van der Waals surface area (Å²) < 4.78 is 13.7. The van der Waals surface area contributed by atoms with E-state index in [1.807, 2.05) is 31.2 Å². The van der Waals surface area contributed by atoms with Crippen molar-refractivity contribution in [1.29, 1.82) is 5.26 Å². The number of fused-ring (bicyclic) bond motifs is 6. The Labute approximate surface area is 206 Å². The van der Waals surface area contributed by atoms with E-state index in [9.17, 15) is 25.7 Å². The molecule has 36 heavy (non-hydrogen) atoms. The summed E-state index contributed by atoms with van der Waals surface area (Å²) in [6.07, 6.45) is 1.69. The maximum Gasteiger partial charge on any atom is 0.205 e. The molecule has 0 amide bonds. The molecule has 0 spiro atoms. The number of nitrogens with zero attached hydrogens (tertiary/aromatic N) is 2. The Hall–Kier alpha value is -4.35. The zero-order valence-corrected chi connectivity index (χ0v) is 19.5. The number of benzene rings is 3. The highest BCUT2D eigenvalue weighted by Crippen LogP contribution is 2.65. The van der Waals surface area contributed by atoms with Crippen LogP contribution in [0.2, 0.25) is 0 Å². The van der Waals surface area contributed by atoms with Crippen LogP contribution in [0.25, 0.3) is 16.5 Å². The predicted molar refractivity (Wildman–Crippen MR) is 131 cm³/mol. The van der Waals surface area contributed by atoms with Crippen LogP contribution in [0.4, 0.5) is 0 Å². The van der Waals surface area contributed by atoms with Gasteiger partial charge in [-0.05, 0) is 31.9 Å². The number of rotatable bonds is 5. The van der Waals surface area contributed by atoms with Crippen molar-refractivity contribution >= 4 is 10.8 Å². The molecule has 2 aliphatic rings. The van der Waals surface area contributed by atoms with Crippen molar-refractivity contribution < 1.29 is 29.9 Å². The molecule has 0 aliphatic carbocycles. The lowest BCUT2D eigenvalue weighted by Gasteiger charge is -2.26. The lowest BCUT2D eigenvalue weighted by Crippen LogP contribution is -2.25. The fourth-order valence-electron chi connectivity index (χ4n) is 5.90. The van der Waals surface area contributed by atoms with Gasteiger partial charge in [-0.1, -0.05) is 24.3 Å². The first-order chi connectivity index (χ1) is 17.3. The van der Waals surface area contributed by atoms with Gasteiger partial charge in [-0.3, -0.25) is 4.57 Å². The molecule has 1 saturated heterocycles. The van der Waals surface area contributed by atoms with E-state index >= 15 is 0 Å². The van der Waals surface area contributed by atoms with Gasteiger partial charge in [-0.15, -0.1) is 0 Å². The first kappa shape index (κ1) is 22.1. The van der Waals surface area contributed by atoms with Crippen molar-refractivity contribution in [1.82, 2.24) is 4.57 Å². The molecule has 2 aliphatic heterocycles. The zero-order valence-electron chi connectivity index (χ0n) is 19.5. The fraction of sp³-hybridized carbons (Fsp3) is 0.250. The van der Waals surface area contributed by atoms with Crippen LogP contribution < -0.4 is 4.74 Å². The van der Waals surface area contributed by atoms with Gasteiger partial charge >= 0.3 is 0 Å². The molecule has 3 heterocycles. The van der Waals surface area contributed by atoms with Crippen LogP contribution in [-0.2, 0) is 15.9 Å². The quantitative estimate of drug-likeness (QED) is 0.313. The molecule has 6 rings (SSSR count). The third kappa shape index (κ3) is 3.03. The minimum absolute atomic E-state index is 0.0831. The standard InChI is InChI=1S/C28H24N2O6/c1-27-8-9-28(36-27,10-11-35-19-13-17(31)12-18(32)14-19)24-23(27)25(33)30(26(24)34)22-7-6-16(15-29)20-4-2-3-5-21(20)22/h2-7,12-14,31-34H,8-11H2,1H3/t27-,28-/m1/s1. The SMILES string of the molecule is C[C@]12CC[C@](CCOc3cc(O)cc(O)c3)(O1)c1c2c(O)n(-c2ccc(C#N)c3ccccc23)c1O. The van der Waals surface area contributed by atoms with Crippen LogP contribution in [0, 0.1) is 11.3 Å². The number of ether oxygens (including phenoxy) is 2. The monoisotopic (exact) mass is 484 g/mol. The van der Waals surface area contributed by atoms with E-state index in [1.54, 1.807) is 12.1 Å². The molecule has 182 valence electrons. The molecule has 3 aromatic carbocycles. The predicted octanol–water partition coefficient (Wildman–Crippen LogP) is 5.03. The van der Waals surface area contributed by atoms with Crippen LogP contribution in [0.5, 0.6) is 29.0 Å². The Kier molecular flexibility index (Phi) is 4.66. The van der Waals surface area contributed by atoms with E-state index in [1.165, 1.54) is 22.8 Å². The molecule has 2 bridgehead atoms. The van der Waals surface area contributed by atoms with Gasteiger partial charge in [0.2, 0.25) is 11.8 Å². The lowest BCUT2D eigenvalue weighted by atomic mass is 9.78. The van der Waals surface area contributed by atoms with E-state index in [4.69, 9.17) is 9.47 Å². The maximum atomic E-state index is 11.5. The molecular formula is C28H24N2O6. The third-order valence-corrected chi connectivity index (χ3v) is 7.44. The Morgan fingerprint density at radius 1 is 0.944 bits per heavy atom. The van der Waals surface area contributed by atoms with Crippen LogP contribution >= 0.6 is 0 Å². The third-order valence-electron chi connectivity index (χ3n) is 7.44. The molecule has 0 radical (unpaired) electrons. The van der Waals surface area contributed by atoms with E-state index in [-0.39, 0.29) is 29.9 Å². The normalized spacial score (nSPS) is 22.0. The van der Waals surface area contributed by atoms with Crippen molar-refractivity contribution in [2.45, 2.75) is 37.4 Å². The summed E-state index contributed by atoms with van der Waals surface area (Å²) in [5.74, 6) is -0.0804. The summed E-state index contributed by atoms with van der Waals surface area (Å²) in [6, 6.07) is 17.0. The Morgan fingerprint density at radius 3 is 2.36 bits per heavy atom. The number of phenols is 2. The second-order valence-electron chi connectivity index (χ2n) is 9.63. The zero-order chi connectivity index (χ0) is 25.2. The first-order valence-corrected chi connectivity index (χ1v) is 11.7. The van der Waals surface area contributed by atoms with Gasteiger partial charge in [-0.2, -0.15) is 5.26 Å². The summed E-state index contributed by atoms with van der Waals surface area (Å²) in [4.78, 5) is 0. The summed E-state index contributed by atoms with van der Waals surface area (Å²) in [5, 5.41) is 53.3. The fourth-order valence-corrected chi connectivity index (χ4v) is 5.90. The van der Waals surface area contributed by atoms with Crippen LogP contribution in [0.3, 0.4) is 0 Å². The number of phenolic OH excluding ortho intramolecular Hbond substituents is 2. The van der Waals surface area contributed by atoms with Crippen molar-refractivity contribution in [2.24, 2.45) is 0 Å². The Bertz CT molecular complexity index is 1570. The number of hydrogen-bond acceptors (Lipinski definition) is 7. The van der Waals surface area contributed by atoms with Crippen molar-refractivity contribution in [2.75, 3.05) is 6.61 Å². The lowest BCUT2D eigenvalue weighted by molar-refractivity contribution is -0.0876. The minimum atomic E-state index is -0.863. The van der Waals surface area contributed by atoms with Gasteiger partial charge in [0.1, 0.15) is 22.8 Å². The average Bonchev–Trinajstić information content (AvgIpc) is 3.42. The van der Waals surface area contributed by atoms with E-state index in [0.29, 0.717) is 47.4 Å². The molecule has 0 unspecified atom stereocenters. The van der Waals surface area contributed by atoms with Gasteiger partial charge in [-0.25, -0.2) is 0 Å². The molecule has 8 nitrogen and oxygen atoms in total. The summed E-state index contributed by atoms with van der Waals surface area (Å²) in [7, 11) is 0. The van der Waals surface area contributed by atoms with Crippen LogP contribution in [-0.4, -0.2) is 31.6 Å². The Morgan fingerprint density at radius 2 is 1.64 bits per heavy atom. The van der Waals surface area contributed by atoms with Crippen LogP contribution in [0.1, 0.15) is 42.9 Å². The molecule has 1 aromatic heterocycles. The molecule has 0 saturated carbocycles.